The molecule has 1 fully saturated rings. The van der Waals surface area contributed by atoms with Crippen molar-refractivity contribution in [3.05, 3.63) is 0 Å². The van der Waals surface area contributed by atoms with Crippen molar-refractivity contribution >= 4 is 11.8 Å². The van der Waals surface area contributed by atoms with Crippen LogP contribution in [-0.2, 0) is 14.3 Å². The molecular weight excluding hydrogens is 246 g/mol. The van der Waals surface area contributed by atoms with Gasteiger partial charge in [-0.25, -0.2) is 0 Å². The van der Waals surface area contributed by atoms with Crippen LogP contribution in [-0.4, -0.2) is 42.7 Å². The number of nitrogens with two attached hydrogens (primary N) is 1. The van der Waals surface area contributed by atoms with Gasteiger partial charge in [0.2, 0.25) is 11.8 Å². The van der Waals surface area contributed by atoms with Crippen molar-refractivity contribution in [3.8, 4) is 0 Å². The Labute approximate surface area is 114 Å². The summed E-state index contributed by atoms with van der Waals surface area (Å²) in [6.45, 7) is 6.55. The first-order chi connectivity index (χ1) is 8.89. The number of hydrogen-bond acceptors (Lipinski definition) is 4. The van der Waals surface area contributed by atoms with Gasteiger partial charge in [0.05, 0.1) is 5.54 Å². The number of nitrogens with one attached hydrogen (secondary N) is 2. The molecule has 0 bridgehead atoms. The summed E-state index contributed by atoms with van der Waals surface area (Å²) in [6.07, 6.45) is 1.82. The Kier molecular flexibility index (Phi) is 5.75. The van der Waals surface area contributed by atoms with Crippen molar-refractivity contribution in [2.75, 3.05) is 13.2 Å². The van der Waals surface area contributed by atoms with Crippen molar-refractivity contribution in [2.24, 2.45) is 5.73 Å². The van der Waals surface area contributed by atoms with Gasteiger partial charge >= 0.3 is 0 Å². The monoisotopic (exact) mass is 271 g/mol. The van der Waals surface area contributed by atoms with Gasteiger partial charge in [-0.15, -0.1) is 0 Å². The molecular formula is C13H25N3O3. The van der Waals surface area contributed by atoms with E-state index in [0.717, 1.165) is 6.42 Å². The van der Waals surface area contributed by atoms with Gasteiger partial charge in [-0.05, 0) is 33.1 Å². The highest BCUT2D eigenvalue weighted by Crippen LogP contribution is 2.17. The normalized spacial score (nSPS) is 21.3. The third-order valence-corrected chi connectivity index (χ3v) is 3.58. The van der Waals surface area contributed by atoms with E-state index in [0.29, 0.717) is 26.1 Å². The molecule has 0 spiro atoms. The Balaban J connectivity index is 2.49. The SMILES string of the molecule is CCC(C)NC(=O)C(C)NC(=O)C1(N)CCOCC1. The van der Waals surface area contributed by atoms with E-state index in [4.69, 9.17) is 10.5 Å². The van der Waals surface area contributed by atoms with Crippen LogP contribution in [0.5, 0.6) is 0 Å². The lowest BCUT2D eigenvalue weighted by molar-refractivity contribution is -0.134. The van der Waals surface area contributed by atoms with Crippen LogP contribution in [0.15, 0.2) is 0 Å². The van der Waals surface area contributed by atoms with Crippen LogP contribution in [0.3, 0.4) is 0 Å². The largest absolute Gasteiger partial charge is 0.381 e. The van der Waals surface area contributed by atoms with E-state index in [2.05, 4.69) is 10.6 Å². The van der Waals surface area contributed by atoms with Crippen LogP contribution in [0.1, 0.15) is 40.0 Å². The maximum atomic E-state index is 12.1. The summed E-state index contributed by atoms with van der Waals surface area (Å²) in [5.74, 6) is -0.457. The van der Waals surface area contributed by atoms with Crippen LogP contribution < -0.4 is 16.4 Å². The third-order valence-electron chi connectivity index (χ3n) is 3.58. The molecule has 1 saturated heterocycles. The highest BCUT2D eigenvalue weighted by Gasteiger charge is 2.37. The second kappa shape index (κ2) is 6.86. The van der Waals surface area contributed by atoms with Crippen molar-refractivity contribution in [1.29, 1.82) is 0 Å². The second-order valence-corrected chi connectivity index (χ2v) is 5.28. The minimum atomic E-state index is -0.914. The average Bonchev–Trinajstić information content (AvgIpc) is 2.39. The van der Waals surface area contributed by atoms with E-state index >= 15 is 0 Å². The molecule has 19 heavy (non-hydrogen) atoms. The Morgan fingerprint density at radius 1 is 1.26 bits per heavy atom. The molecule has 6 heteroatoms. The molecule has 2 amide bonds. The fourth-order valence-electron chi connectivity index (χ4n) is 1.84. The standard InChI is InChI=1S/C13H25N3O3/c1-4-9(2)15-11(17)10(3)16-12(18)13(14)5-7-19-8-6-13/h9-10H,4-8,14H2,1-3H3,(H,15,17)(H,16,18). The summed E-state index contributed by atoms with van der Waals surface area (Å²) in [4.78, 5) is 24.0. The lowest BCUT2D eigenvalue weighted by atomic mass is 9.90. The van der Waals surface area contributed by atoms with Gasteiger partial charge in [-0.2, -0.15) is 0 Å². The summed E-state index contributed by atoms with van der Waals surface area (Å²) >= 11 is 0. The van der Waals surface area contributed by atoms with Crippen molar-refractivity contribution in [2.45, 2.75) is 57.7 Å². The van der Waals surface area contributed by atoms with E-state index in [1.807, 2.05) is 13.8 Å². The quantitative estimate of drug-likeness (QED) is 0.651. The van der Waals surface area contributed by atoms with Crippen LogP contribution >= 0.6 is 0 Å². The maximum absolute atomic E-state index is 12.1. The molecule has 110 valence electrons. The van der Waals surface area contributed by atoms with E-state index in [-0.39, 0.29) is 17.9 Å². The van der Waals surface area contributed by atoms with Gasteiger partial charge in [0, 0.05) is 19.3 Å². The first kappa shape index (κ1) is 15.9. The maximum Gasteiger partial charge on any atom is 0.242 e. The van der Waals surface area contributed by atoms with Gasteiger partial charge in [-0.1, -0.05) is 6.92 Å². The predicted octanol–water partition coefficient (Wildman–Crippen LogP) is -0.0863. The third kappa shape index (κ3) is 4.47. The smallest absolute Gasteiger partial charge is 0.242 e. The van der Waals surface area contributed by atoms with Gasteiger partial charge in [0.25, 0.3) is 0 Å². The molecule has 0 aromatic carbocycles. The van der Waals surface area contributed by atoms with Crippen molar-refractivity contribution < 1.29 is 14.3 Å². The van der Waals surface area contributed by atoms with E-state index in [1.165, 1.54) is 0 Å². The Hall–Kier alpha value is -1.14. The van der Waals surface area contributed by atoms with E-state index < -0.39 is 11.6 Å². The summed E-state index contributed by atoms with van der Waals surface area (Å²) in [6, 6.07) is -0.480. The van der Waals surface area contributed by atoms with Crippen LogP contribution in [0.4, 0.5) is 0 Å². The molecule has 4 N–H and O–H groups in total. The number of amides is 2. The summed E-state index contributed by atoms with van der Waals surface area (Å²) in [7, 11) is 0. The zero-order chi connectivity index (χ0) is 14.5. The topological polar surface area (TPSA) is 93.5 Å². The molecule has 2 unspecified atom stereocenters. The predicted molar refractivity (Wildman–Crippen MR) is 72.5 cm³/mol. The Bertz CT molecular complexity index is 327. The molecule has 1 rings (SSSR count). The summed E-state index contributed by atoms with van der Waals surface area (Å²) < 4.78 is 5.20. The molecule has 6 nitrogen and oxygen atoms in total. The molecule has 0 saturated carbocycles. The first-order valence-electron chi connectivity index (χ1n) is 6.87. The molecule has 2 atom stereocenters. The number of carbonyl (C=O) groups excluding carboxylic acids is 2. The first-order valence-corrected chi connectivity index (χ1v) is 6.87. The molecule has 1 heterocycles. The molecule has 0 aliphatic carbocycles. The van der Waals surface area contributed by atoms with E-state index in [1.54, 1.807) is 6.92 Å². The molecule has 0 aromatic heterocycles. The number of hydrogen-bond donors (Lipinski definition) is 3. The molecule has 1 aliphatic rings. The zero-order valence-corrected chi connectivity index (χ0v) is 12.0. The minimum Gasteiger partial charge on any atom is -0.381 e. The zero-order valence-electron chi connectivity index (χ0n) is 12.0. The molecule has 0 radical (unpaired) electrons. The number of ether oxygens (including phenoxy) is 1. The fraction of sp³-hybridized carbons (Fsp3) is 0.846. The van der Waals surface area contributed by atoms with Crippen molar-refractivity contribution in [3.63, 3.8) is 0 Å². The Morgan fingerprint density at radius 3 is 2.37 bits per heavy atom. The molecule has 1 aliphatic heterocycles. The molecule has 0 aromatic rings. The van der Waals surface area contributed by atoms with Crippen LogP contribution in [0.2, 0.25) is 0 Å². The van der Waals surface area contributed by atoms with Crippen LogP contribution in [0.25, 0.3) is 0 Å². The number of rotatable bonds is 5. The summed E-state index contributed by atoms with van der Waals surface area (Å²) in [5.41, 5.74) is 5.14. The van der Waals surface area contributed by atoms with Gasteiger partial charge in [0.15, 0.2) is 0 Å². The highest BCUT2D eigenvalue weighted by atomic mass is 16.5. The van der Waals surface area contributed by atoms with Gasteiger partial charge < -0.3 is 21.1 Å². The highest BCUT2D eigenvalue weighted by molar-refractivity contribution is 5.91. The van der Waals surface area contributed by atoms with Gasteiger partial charge in [0.1, 0.15) is 6.04 Å². The Morgan fingerprint density at radius 2 is 1.84 bits per heavy atom. The lowest BCUT2D eigenvalue weighted by Gasteiger charge is -2.32. The van der Waals surface area contributed by atoms with Crippen LogP contribution in [0, 0.1) is 0 Å². The average molecular weight is 271 g/mol. The second-order valence-electron chi connectivity index (χ2n) is 5.28. The number of carbonyl (C=O) groups is 2. The summed E-state index contributed by atoms with van der Waals surface area (Å²) in [5, 5.41) is 5.52. The minimum absolute atomic E-state index is 0.0989. The lowest BCUT2D eigenvalue weighted by Crippen LogP contribution is -2.60. The fourth-order valence-corrected chi connectivity index (χ4v) is 1.84. The van der Waals surface area contributed by atoms with Gasteiger partial charge in [-0.3, -0.25) is 9.59 Å². The van der Waals surface area contributed by atoms with E-state index in [9.17, 15) is 9.59 Å². The van der Waals surface area contributed by atoms with Crippen molar-refractivity contribution in [1.82, 2.24) is 10.6 Å².